The third-order valence-corrected chi connectivity index (χ3v) is 9.86. The number of hydrogen-bond acceptors (Lipinski definition) is 2. The lowest BCUT2D eigenvalue weighted by molar-refractivity contribution is 0.414. The van der Waals surface area contributed by atoms with Gasteiger partial charge in [-0.05, 0) is 99.1 Å². The fourth-order valence-electron chi connectivity index (χ4n) is 5.02. The van der Waals surface area contributed by atoms with Crippen molar-refractivity contribution in [3.8, 4) is 11.5 Å². The maximum Gasteiger partial charge on any atom is 0.118 e. The Morgan fingerprint density at radius 3 is 1.84 bits per heavy atom. The standard InChI is InChI=1S/C27H23I2NO2/c1-17-22-6-4-5-7-24(22)30-16-23(28)25(29)27(26(17)30,18-8-12-20(31-2)13-9-18)19-10-14-21(32-3)15-11-19/h4-15H,16H2,1-3H3. The van der Waals surface area contributed by atoms with Crippen LogP contribution in [0.2, 0.25) is 0 Å². The first-order chi connectivity index (χ1) is 15.5. The number of aryl methyl sites for hydroxylation is 1. The van der Waals surface area contributed by atoms with Gasteiger partial charge in [0.25, 0.3) is 0 Å². The number of para-hydroxylation sites is 1. The SMILES string of the molecule is COc1ccc(C2(c3ccc(OC)cc3)C(I)=C(I)Cn3c2c(C)c2ccccc23)cc1. The molecular formula is C27H23I2NO2. The van der Waals surface area contributed by atoms with Crippen LogP contribution < -0.4 is 9.47 Å². The van der Waals surface area contributed by atoms with Crippen molar-refractivity contribution >= 4 is 56.1 Å². The number of ether oxygens (including phenoxy) is 2. The van der Waals surface area contributed by atoms with Crippen molar-refractivity contribution in [3.05, 3.63) is 102 Å². The van der Waals surface area contributed by atoms with Gasteiger partial charge in [0.1, 0.15) is 11.5 Å². The van der Waals surface area contributed by atoms with Gasteiger partial charge in [-0.2, -0.15) is 0 Å². The smallest absolute Gasteiger partial charge is 0.118 e. The van der Waals surface area contributed by atoms with Gasteiger partial charge >= 0.3 is 0 Å². The molecule has 3 aromatic carbocycles. The molecule has 0 saturated heterocycles. The van der Waals surface area contributed by atoms with Crippen molar-refractivity contribution < 1.29 is 9.47 Å². The minimum atomic E-state index is -0.420. The van der Waals surface area contributed by atoms with E-state index in [4.69, 9.17) is 9.47 Å². The molecule has 0 atom stereocenters. The largest absolute Gasteiger partial charge is 0.497 e. The predicted molar refractivity (Wildman–Crippen MR) is 148 cm³/mol. The summed E-state index contributed by atoms with van der Waals surface area (Å²) in [7, 11) is 3.42. The molecule has 0 saturated carbocycles. The monoisotopic (exact) mass is 647 g/mol. The molecule has 5 rings (SSSR count). The Morgan fingerprint density at radius 1 is 0.781 bits per heavy atom. The molecule has 2 heterocycles. The Labute approximate surface area is 215 Å². The number of methoxy groups -OCH3 is 2. The fourth-order valence-corrected chi connectivity index (χ4v) is 6.81. The molecule has 0 fully saturated rings. The number of allylic oxidation sites excluding steroid dienone is 2. The van der Waals surface area contributed by atoms with E-state index in [1.807, 2.05) is 0 Å². The van der Waals surface area contributed by atoms with Crippen LogP contribution in [0.4, 0.5) is 0 Å². The van der Waals surface area contributed by atoms with Gasteiger partial charge < -0.3 is 14.0 Å². The summed E-state index contributed by atoms with van der Waals surface area (Å²) < 4.78 is 16.1. The molecule has 4 aromatic rings. The molecule has 0 radical (unpaired) electrons. The number of nitrogens with zero attached hydrogens (tertiary/aromatic N) is 1. The van der Waals surface area contributed by atoms with Gasteiger partial charge in [-0.15, -0.1) is 0 Å². The molecule has 0 unspecified atom stereocenters. The van der Waals surface area contributed by atoms with Crippen molar-refractivity contribution in [1.82, 2.24) is 4.57 Å². The molecular weight excluding hydrogens is 624 g/mol. The van der Waals surface area contributed by atoms with Crippen LogP contribution in [-0.4, -0.2) is 18.8 Å². The van der Waals surface area contributed by atoms with Crippen LogP contribution in [0.3, 0.4) is 0 Å². The van der Waals surface area contributed by atoms with Gasteiger partial charge in [-0.1, -0.05) is 42.5 Å². The summed E-state index contributed by atoms with van der Waals surface area (Å²) in [4.78, 5) is 0. The summed E-state index contributed by atoms with van der Waals surface area (Å²) in [5, 5.41) is 1.31. The maximum atomic E-state index is 5.48. The molecule has 1 aliphatic rings. The molecule has 1 aromatic heterocycles. The highest BCUT2D eigenvalue weighted by Crippen LogP contribution is 2.55. The number of fused-ring (bicyclic) bond motifs is 3. The van der Waals surface area contributed by atoms with E-state index in [-0.39, 0.29) is 0 Å². The van der Waals surface area contributed by atoms with E-state index >= 15 is 0 Å². The van der Waals surface area contributed by atoms with E-state index in [1.165, 1.54) is 40.4 Å². The highest BCUT2D eigenvalue weighted by atomic mass is 127. The first-order valence-electron chi connectivity index (χ1n) is 10.4. The zero-order valence-electron chi connectivity index (χ0n) is 18.2. The molecule has 5 heteroatoms. The first-order valence-corrected chi connectivity index (χ1v) is 12.6. The lowest BCUT2D eigenvalue weighted by Crippen LogP contribution is -2.37. The van der Waals surface area contributed by atoms with E-state index in [1.54, 1.807) is 14.2 Å². The maximum absolute atomic E-state index is 5.48. The normalized spacial score (nSPS) is 15.0. The van der Waals surface area contributed by atoms with Gasteiger partial charge in [-0.3, -0.25) is 0 Å². The van der Waals surface area contributed by atoms with Crippen molar-refractivity contribution in [3.63, 3.8) is 0 Å². The van der Waals surface area contributed by atoms with Crippen LogP contribution in [0.5, 0.6) is 11.5 Å². The highest BCUT2D eigenvalue weighted by molar-refractivity contribution is 14.1. The average molecular weight is 647 g/mol. The van der Waals surface area contributed by atoms with Gasteiger partial charge in [0, 0.05) is 23.8 Å². The number of rotatable bonds is 4. The van der Waals surface area contributed by atoms with Crippen LogP contribution >= 0.6 is 45.2 Å². The van der Waals surface area contributed by atoms with E-state index in [9.17, 15) is 0 Å². The number of halogens is 2. The summed E-state index contributed by atoms with van der Waals surface area (Å²) in [6.45, 7) is 3.15. The number of aromatic nitrogens is 1. The van der Waals surface area contributed by atoms with E-state index in [0.717, 1.165) is 18.0 Å². The van der Waals surface area contributed by atoms with Gasteiger partial charge in [0.05, 0.1) is 26.2 Å². The predicted octanol–water partition coefficient (Wildman–Crippen LogP) is 7.40. The molecule has 0 N–H and O–H groups in total. The lowest BCUT2D eigenvalue weighted by Gasteiger charge is -2.41. The third-order valence-electron chi connectivity index (χ3n) is 6.49. The zero-order chi connectivity index (χ0) is 22.5. The zero-order valence-corrected chi connectivity index (χ0v) is 22.5. The molecule has 0 aliphatic carbocycles. The Hall–Kier alpha value is -2.00. The van der Waals surface area contributed by atoms with Gasteiger partial charge in [-0.25, -0.2) is 0 Å². The molecule has 0 bridgehead atoms. The van der Waals surface area contributed by atoms with E-state index in [0.29, 0.717) is 0 Å². The first kappa shape index (κ1) is 21.8. The fraction of sp³-hybridized carbons (Fsp3) is 0.185. The molecule has 162 valence electrons. The Balaban J connectivity index is 1.93. The summed E-state index contributed by atoms with van der Waals surface area (Å²) >= 11 is 5.11. The molecule has 0 amide bonds. The van der Waals surface area contributed by atoms with Crippen LogP contribution in [0.1, 0.15) is 22.4 Å². The summed E-state index contributed by atoms with van der Waals surface area (Å²) in [5.41, 5.74) is 5.98. The summed E-state index contributed by atoms with van der Waals surface area (Å²) in [6, 6.07) is 25.8. The second-order valence-electron chi connectivity index (χ2n) is 8.00. The molecule has 1 aliphatic heterocycles. The Bertz CT molecular complexity index is 1290. The lowest BCUT2D eigenvalue weighted by atomic mass is 9.69. The van der Waals surface area contributed by atoms with Gasteiger partial charge in [0.15, 0.2) is 0 Å². The molecule has 32 heavy (non-hydrogen) atoms. The quantitative estimate of drug-likeness (QED) is 0.216. The van der Waals surface area contributed by atoms with E-state index < -0.39 is 5.41 Å². The van der Waals surface area contributed by atoms with Crippen LogP contribution in [0.15, 0.2) is 80.0 Å². The second-order valence-corrected chi connectivity index (χ2v) is 10.4. The molecule has 0 spiro atoms. The Morgan fingerprint density at radius 2 is 1.31 bits per heavy atom. The highest BCUT2D eigenvalue weighted by Gasteiger charge is 2.46. The third kappa shape index (κ3) is 3.11. The number of benzene rings is 3. The molecule has 3 nitrogen and oxygen atoms in total. The van der Waals surface area contributed by atoms with Crippen LogP contribution in [0.25, 0.3) is 10.9 Å². The van der Waals surface area contributed by atoms with Crippen molar-refractivity contribution in [2.45, 2.75) is 18.9 Å². The topological polar surface area (TPSA) is 23.4 Å². The van der Waals surface area contributed by atoms with Crippen molar-refractivity contribution in [2.24, 2.45) is 0 Å². The summed E-state index contributed by atoms with van der Waals surface area (Å²) in [5.74, 6) is 1.72. The summed E-state index contributed by atoms with van der Waals surface area (Å²) in [6.07, 6.45) is 0. The van der Waals surface area contributed by atoms with Crippen LogP contribution in [0, 0.1) is 6.92 Å². The minimum absolute atomic E-state index is 0.420. The second kappa shape index (κ2) is 8.41. The average Bonchev–Trinajstić information content (AvgIpc) is 3.12. The van der Waals surface area contributed by atoms with Gasteiger partial charge in [0.2, 0.25) is 0 Å². The van der Waals surface area contributed by atoms with Crippen molar-refractivity contribution in [1.29, 1.82) is 0 Å². The van der Waals surface area contributed by atoms with E-state index in [2.05, 4.69) is 129 Å². The minimum Gasteiger partial charge on any atom is -0.497 e. The number of hydrogen-bond donors (Lipinski definition) is 0. The van der Waals surface area contributed by atoms with Crippen LogP contribution in [-0.2, 0) is 12.0 Å². The Kier molecular flexibility index (Phi) is 5.73. The van der Waals surface area contributed by atoms with Crippen molar-refractivity contribution in [2.75, 3.05) is 14.2 Å².